The molecule has 0 radical (unpaired) electrons. The number of carboxylic acid groups (broad SMARTS) is 1. The number of nitrogens with zero attached hydrogens (tertiary/aromatic N) is 3. The molecule has 22 heavy (non-hydrogen) atoms. The van der Waals surface area contributed by atoms with Crippen molar-refractivity contribution in [1.29, 1.82) is 0 Å². The van der Waals surface area contributed by atoms with Crippen molar-refractivity contribution in [2.24, 2.45) is 0 Å². The maximum Gasteiger partial charge on any atom is 0.358 e. The highest BCUT2D eigenvalue weighted by atomic mass is 19.1. The number of carbonyl (C=O) groups is 1. The van der Waals surface area contributed by atoms with Gasteiger partial charge in [-0.3, -0.25) is 0 Å². The molecule has 0 aliphatic rings. The molecule has 1 aromatic heterocycles. The van der Waals surface area contributed by atoms with Crippen LogP contribution in [-0.2, 0) is 0 Å². The molecule has 0 fully saturated rings. The van der Waals surface area contributed by atoms with Gasteiger partial charge in [-0.2, -0.15) is 0 Å². The average Bonchev–Trinajstić information content (AvgIpc) is 2.92. The van der Waals surface area contributed by atoms with Gasteiger partial charge in [-0.1, -0.05) is 35.5 Å². The van der Waals surface area contributed by atoms with Gasteiger partial charge in [0.15, 0.2) is 5.69 Å². The monoisotopic (exact) mass is 297 g/mol. The lowest BCUT2D eigenvalue weighted by Crippen LogP contribution is -2.04. The van der Waals surface area contributed by atoms with Gasteiger partial charge >= 0.3 is 5.97 Å². The van der Waals surface area contributed by atoms with Crippen molar-refractivity contribution in [3.63, 3.8) is 0 Å². The molecule has 2 aromatic carbocycles. The van der Waals surface area contributed by atoms with E-state index in [2.05, 4.69) is 10.3 Å². The Kier molecular flexibility index (Phi) is 3.42. The topological polar surface area (TPSA) is 68.0 Å². The fraction of sp³-hybridized carbons (Fsp3) is 0.0625. The minimum atomic E-state index is -1.18. The lowest BCUT2D eigenvalue weighted by atomic mass is 10.0. The van der Waals surface area contributed by atoms with Crippen molar-refractivity contribution in [3.8, 4) is 16.9 Å². The van der Waals surface area contributed by atoms with Crippen LogP contribution in [0.2, 0.25) is 0 Å². The van der Waals surface area contributed by atoms with E-state index in [0.29, 0.717) is 16.9 Å². The van der Waals surface area contributed by atoms with Crippen molar-refractivity contribution in [2.75, 3.05) is 0 Å². The maximum absolute atomic E-state index is 13.5. The van der Waals surface area contributed by atoms with Crippen LogP contribution >= 0.6 is 0 Å². The summed E-state index contributed by atoms with van der Waals surface area (Å²) in [5, 5.41) is 17.0. The number of hydrogen-bond donors (Lipinski definition) is 1. The van der Waals surface area contributed by atoms with Gasteiger partial charge in [-0.25, -0.2) is 13.9 Å². The molecule has 110 valence electrons. The normalized spacial score (nSPS) is 10.6. The molecule has 3 aromatic rings. The molecule has 0 unspecified atom stereocenters. The molecule has 5 nitrogen and oxygen atoms in total. The molecule has 0 amide bonds. The van der Waals surface area contributed by atoms with Crippen molar-refractivity contribution in [1.82, 2.24) is 15.0 Å². The quantitative estimate of drug-likeness (QED) is 0.806. The van der Waals surface area contributed by atoms with Gasteiger partial charge in [0, 0.05) is 5.56 Å². The van der Waals surface area contributed by atoms with Crippen LogP contribution in [0.1, 0.15) is 16.1 Å². The molecule has 0 aliphatic heterocycles. The van der Waals surface area contributed by atoms with Crippen molar-refractivity contribution >= 4 is 5.97 Å². The highest BCUT2D eigenvalue weighted by Crippen LogP contribution is 2.28. The zero-order chi connectivity index (χ0) is 15.7. The summed E-state index contributed by atoms with van der Waals surface area (Å²) in [5.41, 5.74) is 2.15. The number of aryl methyl sites for hydroxylation is 1. The first-order valence-electron chi connectivity index (χ1n) is 6.59. The second kappa shape index (κ2) is 5.40. The van der Waals surface area contributed by atoms with Gasteiger partial charge in [-0.15, -0.1) is 5.10 Å². The molecular weight excluding hydrogens is 285 g/mol. The average molecular weight is 297 g/mol. The van der Waals surface area contributed by atoms with Crippen LogP contribution in [0, 0.1) is 12.7 Å². The van der Waals surface area contributed by atoms with Crippen LogP contribution < -0.4 is 0 Å². The van der Waals surface area contributed by atoms with E-state index in [1.807, 2.05) is 19.1 Å². The largest absolute Gasteiger partial charge is 0.476 e. The number of halogens is 1. The molecule has 0 spiro atoms. The lowest BCUT2D eigenvalue weighted by Gasteiger charge is -2.09. The highest BCUT2D eigenvalue weighted by molar-refractivity contribution is 5.93. The van der Waals surface area contributed by atoms with Crippen molar-refractivity contribution in [3.05, 3.63) is 65.6 Å². The van der Waals surface area contributed by atoms with E-state index in [-0.39, 0.29) is 5.69 Å². The summed E-state index contributed by atoms with van der Waals surface area (Å²) in [6, 6.07) is 13.1. The summed E-state index contributed by atoms with van der Waals surface area (Å²) < 4.78 is 14.8. The van der Waals surface area contributed by atoms with Gasteiger partial charge in [-0.05, 0) is 30.7 Å². The van der Waals surface area contributed by atoms with Gasteiger partial charge in [0.1, 0.15) is 11.5 Å². The predicted molar refractivity (Wildman–Crippen MR) is 78.4 cm³/mol. The molecule has 1 N–H and O–H groups in total. The Labute approximate surface area is 125 Å². The first kappa shape index (κ1) is 13.9. The first-order valence-corrected chi connectivity index (χ1v) is 6.59. The van der Waals surface area contributed by atoms with Crippen LogP contribution in [0.25, 0.3) is 16.9 Å². The Morgan fingerprint density at radius 2 is 1.95 bits per heavy atom. The number of rotatable bonds is 3. The van der Waals surface area contributed by atoms with E-state index in [9.17, 15) is 14.3 Å². The fourth-order valence-corrected chi connectivity index (χ4v) is 2.29. The maximum atomic E-state index is 13.5. The van der Waals surface area contributed by atoms with Crippen LogP contribution in [0.5, 0.6) is 0 Å². The number of carboxylic acids is 1. The Balaban J connectivity index is 2.29. The number of benzene rings is 2. The number of hydrogen-bond acceptors (Lipinski definition) is 3. The molecule has 6 heteroatoms. The van der Waals surface area contributed by atoms with Crippen LogP contribution in [0.3, 0.4) is 0 Å². The minimum absolute atomic E-state index is 0.168. The van der Waals surface area contributed by atoms with Crippen molar-refractivity contribution in [2.45, 2.75) is 6.92 Å². The highest BCUT2D eigenvalue weighted by Gasteiger charge is 2.22. The summed E-state index contributed by atoms with van der Waals surface area (Å²) >= 11 is 0. The van der Waals surface area contributed by atoms with Crippen molar-refractivity contribution < 1.29 is 14.3 Å². The summed E-state index contributed by atoms with van der Waals surface area (Å²) in [6.07, 6.45) is 0. The Morgan fingerprint density at radius 3 is 2.64 bits per heavy atom. The summed E-state index contributed by atoms with van der Waals surface area (Å²) in [5.74, 6) is -1.61. The minimum Gasteiger partial charge on any atom is -0.476 e. The van der Waals surface area contributed by atoms with E-state index in [4.69, 9.17) is 0 Å². The molecule has 1 heterocycles. The molecule has 0 aliphatic carbocycles. The second-order valence-electron chi connectivity index (χ2n) is 4.80. The number of aromatic nitrogens is 3. The summed E-state index contributed by atoms with van der Waals surface area (Å²) in [7, 11) is 0. The second-order valence-corrected chi connectivity index (χ2v) is 4.80. The Hall–Kier alpha value is -3.02. The van der Waals surface area contributed by atoms with Crippen LogP contribution in [-0.4, -0.2) is 26.1 Å². The first-order chi connectivity index (χ1) is 10.6. The van der Waals surface area contributed by atoms with Gasteiger partial charge < -0.3 is 5.11 Å². The van der Waals surface area contributed by atoms with Gasteiger partial charge in [0.05, 0.1) is 5.69 Å². The Morgan fingerprint density at radius 1 is 1.18 bits per heavy atom. The van der Waals surface area contributed by atoms with Gasteiger partial charge in [0.2, 0.25) is 0 Å². The van der Waals surface area contributed by atoms with E-state index in [1.165, 1.54) is 22.9 Å². The van der Waals surface area contributed by atoms with E-state index in [0.717, 1.165) is 5.56 Å². The summed E-state index contributed by atoms with van der Waals surface area (Å²) in [4.78, 5) is 11.4. The lowest BCUT2D eigenvalue weighted by molar-refractivity contribution is 0.0691. The third-order valence-corrected chi connectivity index (χ3v) is 3.33. The zero-order valence-corrected chi connectivity index (χ0v) is 11.7. The molecule has 0 saturated carbocycles. The predicted octanol–water partition coefficient (Wildman–Crippen LogP) is 3.08. The third kappa shape index (κ3) is 2.35. The zero-order valence-electron chi connectivity index (χ0n) is 11.7. The smallest absolute Gasteiger partial charge is 0.358 e. The molecule has 0 saturated heterocycles. The molecule has 0 bridgehead atoms. The van der Waals surface area contributed by atoms with Crippen LogP contribution in [0.15, 0.2) is 48.5 Å². The molecule has 0 atom stereocenters. The fourth-order valence-electron chi connectivity index (χ4n) is 2.29. The van der Waals surface area contributed by atoms with Crippen LogP contribution in [0.4, 0.5) is 4.39 Å². The third-order valence-electron chi connectivity index (χ3n) is 3.33. The van der Waals surface area contributed by atoms with E-state index < -0.39 is 11.8 Å². The van der Waals surface area contributed by atoms with Gasteiger partial charge in [0.25, 0.3) is 0 Å². The SMILES string of the molecule is Cc1ccccc1-c1c(C(=O)O)nnn1-c1cccc(F)c1. The summed E-state index contributed by atoms with van der Waals surface area (Å²) in [6.45, 7) is 1.86. The van der Waals surface area contributed by atoms with E-state index in [1.54, 1.807) is 18.2 Å². The molecular formula is C16H12FN3O2. The molecule has 3 rings (SSSR count). The number of aromatic carboxylic acids is 1. The Bertz CT molecular complexity index is 858. The van der Waals surface area contributed by atoms with E-state index >= 15 is 0 Å². The standard InChI is InChI=1S/C16H12FN3O2/c1-10-5-2-3-8-13(10)15-14(16(21)22)18-19-20(15)12-7-4-6-11(17)9-12/h2-9H,1H3,(H,21,22).